The highest BCUT2D eigenvalue weighted by molar-refractivity contribution is 5.84. The van der Waals surface area contributed by atoms with E-state index in [0.717, 1.165) is 51.6 Å². The molecule has 180 valence electrons. The van der Waals surface area contributed by atoms with Gasteiger partial charge in [0.1, 0.15) is 0 Å². The molecule has 8 aliphatic carbocycles. The summed E-state index contributed by atoms with van der Waals surface area (Å²) < 4.78 is 0. The van der Waals surface area contributed by atoms with E-state index >= 15 is 0 Å². The van der Waals surface area contributed by atoms with Crippen molar-refractivity contribution in [2.24, 2.45) is 45.3 Å². The summed E-state index contributed by atoms with van der Waals surface area (Å²) in [5, 5.41) is 10.4. The fourth-order valence-electron chi connectivity index (χ4n) is 12.1. The lowest BCUT2D eigenvalue weighted by atomic mass is 9.31. The van der Waals surface area contributed by atoms with Crippen molar-refractivity contribution in [2.45, 2.75) is 90.1 Å². The van der Waals surface area contributed by atoms with Crippen molar-refractivity contribution in [2.75, 3.05) is 0 Å². The molecule has 4 atom stereocenters. The van der Waals surface area contributed by atoms with Crippen molar-refractivity contribution in [1.82, 2.24) is 4.90 Å². The number of rotatable bonds is 3. The quantitative estimate of drug-likeness (QED) is 0.623. The Morgan fingerprint density at radius 2 is 1.15 bits per heavy atom. The number of benzene rings is 1. The van der Waals surface area contributed by atoms with Gasteiger partial charge in [0.2, 0.25) is 5.91 Å². The molecule has 1 amide bonds. The Labute approximate surface area is 202 Å². The molecule has 4 heteroatoms. The molecule has 1 heterocycles. The molecule has 8 bridgehead atoms. The number of aliphatic carboxylic acids is 1. The van der Waals surface area contributed by atoms with Crippen molar-refractivity contribution < 1.29 is 14.7 Å². The second-order valence-corrected chi connectivity index (χ2v) is 14.3. The Morgan fingerprint density at radius 3 is 1.62 bits per heavy atom. The Balaban J connectivity index is 1.17. The predicted molar refractivity (Wildman–Crippen MR) is 127 cm³/mol. The number of carbonyl (C=O) groups is 2. The van der Waals surface area contributed by atoms with Crippen LogP contribution in [0.5, 0.6) is 0 Å². The van der Waals surface area contributed by atoms with Gasteiger partial charge in [-0.15, -0.1) is 0 Å². The predicted octanol–water partition coefficient (Wildman–Crippen LogP) is 5.79. The molecule has 0 spiro atoms. The molecule has 1 aromatic rings. The van der Waals surface area contributed by atoms with Gasteiger partial charge in [0, 0.05) is 13.1 Å². The van der Waals surface area contributed by atoms with E-state index in [1.807, 2.05) is 0 Å². The molecule has 1 aromatic carbocycles. The third-order valence-corrected chi connectivity index (χ3v) is 12.3. The lowest BCUT2D eigenvalue weighted by molar-refractivity contribution is -0.240. The highest BCUT2D eigenvalue weighted by Crippen LogP contribution is 2.78. The Morgan fingerprint density at radius 1 is 0.706 bits per heavy atom. The summed E-state index contributed by atoms with van der Waals surface area (Å²) in [7, 11) is 0. The van der Waals surface area contributed by atoms with Crippen molar-refractivity contribution in [3.8, 4) is 0 Å². The van der Waals surface area contributed by atoms with Crippen LogP contribution in [0.4, 0.5) is 0 Å². The van der Waals surface area contributed by atoms with Gasteiger partial charge in [0.15, 0.2) is 0 Å². The first-order valence-electron chi connectivity index (χ1n) is 13.9. The fourth-order valence-corrected chi connectivity index (χ4v) is 12.1. The average Bonchev–Trinajstić information content (AvgIpc) is 3.21. The summed E-state index contributed by atoms with van der Waals surface area (Å²) in [5.41, 5.74) is 2.36. The number of carboxylic acid groups (broad SMARTS) is 1. The third-order valence-electron chi connectivity index (χ3n) is 12.3. The smallest absolute Gasteiger partial charge is 0.309 e. The first-order chi connectivity index (χ1) is 16.3. The van der Waals surface area contributed by atoms with Gasteiger partial charge < -0.3 is 10.0 Å². The number of carbonyl (C=O) groups excluding carboxylic acids is 1. The van der Waals surface area contributed by atoms with Gasteiger partial charge in [0.05, 0.1) is 10.8 Å². The molecular weight excluding hydrogens is 422 g/mol. The maximum Gasteiger partial charge on any atom is 0.309 e. The summed E-state index contributed by atoms with van der Waals surface area (Å²) in [4.78, 5) is 29.1. The lowest BCUT2D eigenvalue weighted by Gasteiger charge is -2.73. The maximum absolute atomic E-state index is 14.3. The topological polar surface area (TPSA) is 57.6 Å². The molecule has 9 aliphatic rings. The highest BCUT2D eigenvalue weighted by atomic mass is 16.4. The van der Waals surface area contributed by atoms with Crippen LogP contribution < -0.4 is 0 Å². The number of carboxylic acids is 1. The van der Waals surface area contributed by atoms with Crippen LogP contribution in [0, 0.1) is 45.3 Å². The molecule has 34 heavy (non-hydrogen) atoms. The van der Waals surface area contributed by atoms with Crippen LogP contribution in [0.2, 0.25) is 0 Å². The van der Waals surface area contributed by atoms with Crippen molar-refractivity contribution in [1.29, 1.82) is 0 Å². The van der Waals surface area contributed by atoms with E-state index < -0.39 is 11.4 Å². The first kappa shape index (κ1) is 20.4. The molecule has 1 aliphatic heterocycles. The van der Waals surface area contributed by atoms with E-state index in [1.165, 1.54) is 49.7 Å². The monoisotopic (exact) mass is 459 g/mol. The SMILES string of the molecule is O=C(O)C12CC3CC(C1)CC(C14CC5CC(CC(C(=O)N6Cc7ccccc7C6)(C5)C1)C4)(C3)C2. The van der Waals surface area contributed by atoms with Crippen LogP contribution in [0.25, 0.3) is 0 Å². The lowest BCUT2D eigenvalue weighted by Crippen LogP contribution is -2.67. The number of hydrogen-bond acceptors (Lipinski definition) is 2. The number of hydrogen-bond donors (Lipinski definition) is 1. The second-order valence-electron chi connectivity index (χ2n) is 14.3. The summed E-state index contributed by atoms with van der Waals surface area (Å²) in [6.45, 7) is 1.55. The minimum absolute atomic E-state index is 0.173. The van der Waals surface area contributed by atoms with Gasteiger partial charge in [-0.1, -0.05) is 24.3 Å². The zero-order valence-electron chi connectivity index (χ0n) is 20.2. The van der Waals surface area contributed by atoms with Crippen LogP contribution in [0.15, 0.2) is 24.3 Å². The van der Waals surface area contributed by atoms with Gasteiger partial charge in [-0.2, -0.15) is 0 Å². The van der Waals surface area contributed by atoms with Crippen molar-refractivity contribution in [3.05, 3.63) is 35.4 Å². The normalized spacial score (nSPS) is 49.5. The van der Waals surface area contributed by atoms with Crippen molar-refractivity contribution in [3.63, 3.8) is 0 Å². The first-order valence-corrected chi connectivity index (χ1v) is 13.9. The second kappa shape index (κ2) is 6.28. The van der Waals surface area contributed by atoms with Crippen LogP contribution in [0.1, 0.15) is 88.2 Å². The summed E-state index contributed by atoms with van der Waals surface area (Å²) >= 11 is 0. The minimum Gasteiger partial charge on any atom is -0.481 e. The number of nitrogens with zero attached hydrogens (tertiary/aromatic N) is 1. The minimum atomic E-state index is -0.517. The van der Waals surface area contributed by atoms with Gasteiger partial charge in [-0.25, -0.2) is 0 Å². The molecule has 8 fully saturated rings. The molecule has 0 saturated heterocycles. The highest BCUT2D eigenvalue weighted by Gasteiger charge is 2.72. The van der Waals surface area contributed by atoms with Crippen LogP contribution >= 0.6 is 0 Å². The molecule has 0 radical (unpaired) electrons. The van der Waals surface area contributed by atoms with E-state index in [9.17, 15) is 14.7 Å². The number of amides is 1. The van der Waals surface area contributed by atoms with Crippen LogP contribution in [0.3, 0.4) is 0 Å². The maximum atomic E-state index is 14.3. The zero-order chi connectivity index (χ0) is 22.9. The van der Waals surface area contributed by atoms with E-state index in [2.05, 4.69) is 29.2 Å². The molecular formula is C30H37NO3. The molecule has 0 aromatic heterocycles. The van der Waals surface area contributed by atoms with Gasteiger partial charge in [-0.3, -0.25) is 9.59 Å². The molecule has 1 N–H and O–H groups in total. The van der Waals surface area contributed by atoms with E-state index in [-0.39, 0.29) is 16.2 Å². The Bertz CT molecular complexity index is 1050. The van der Waals surface area contributed by atoms with Gasteiger partial charge in [0.25, 0.3) is 0 Å². The van der Waals surface area contributed by atoms with Crippen LogP contribution in [-0.2, 0) is 22.7 Å². The zero-order valence-corrected chi connectivity index (χ0v) is 20.2. The summed E-state index contributed by atoms with van der Waals surface area (Å²) in [6.07, 6.45) is 13.6. The van der Waals surface area contributed by atoms with E-state index in [1.54, 1.807) is 0 Å². The Hall–Kier alpha value is -1.84. The van der Waals surface area contributed by atoms with Crippen molar-refractivity contribution >= 4 is 11.9 Å². The number of fused-ring (bicyclic) bond motifs is 1. The van der Waals surface area contributed by atoms with Crippen LogP contribution in [-0.4, -0.2) is 21.9 Å². The molecule has 8 saturated carbocycles. The Kier molecular flexibility index (Phi) is 3.76. The third kappa shape index (κ3) is 2.46. The van der Waals surface area contributed by atoms with Gasteiger partial charge in [-0.05, 0) is 123 Å². The van der Waals surface area contributed by atoms with Gasteiger partial charge >= 0.3 is 5.97 Å². The standard InChI is InChI=1S/C30H37NO3/c32-25(31-15-23-3-1-2-4-24(23)16-31)27-7-19-5-20(8-27)12-29(11-19,17-27)30-13-21-6-22(14-30)10-28(9-21,18-30)26(33)34/h1-4,19-22H,5-18H2,(H,33,34). The van der Waals surface area contributed by atoms with E-state index in [4.69, 9.17) is 0 Å². The molecule has 10 rings (SSSR count). The van der Waals surface area contributed by atoms with E-state index in [0.29, 0.717) is 29.6 Å². The molecule has 4 unspecified atom stereocenters. The summed E-state index contributed by atoms with van der Waals surface area (Å²) in [5.74, 6) is 2.46. The summed E-state index contributed by atoms with van der Waals surface area (Å²) in [6, 6.07) is 8.56. The largest absolute Gasteiger partial charge is 0.481 e. The average molecular weight is 460 g/mol. The fraction of sp³-hybridized carbons (Fsp3) is 0.733. The molecule has 4 nitrogen and oxygen atoms in total.